The van der Waals surface area contributed by atoms with Crippen LogP contribution in [0.15, 0.2) is 60.8 Å². The van der Waals surface area contributed by atoms with E-state index in [0.717, 1.165) is 64.3 Å². The van der Waals surface area contributed by atoms with Gasteiger partial charge in [0.1, 0.15) is 12.4 Å². The molecule has 1 aliphatic carbocycles. The zero-order chi connectivity index (χ0) is 21.6. The van der Waals surface area contributed by atoms with Crippen molar-refractivity contribution in [3.05, 3.63) is 71.4 Å². The molecule has 3 nitrogen and oxygen atoms in total. The Morgan fingerprint density at radius 3 is 2.35 bits per heavy atom. The number of halogens is 1. The minimum Gasteiger partial charge on any atom is -0.492 e. The minimum absolute atomic E-state index is 0.737. The van der Waals surface area contributed by atoms with E-state index in [4.69, 9.17) is 16.3 Å². The van der Waals surface area contributed by atoms with Crippen molar-refractivity contribution in [3.63, 3.8) is 0 Å². The largest absolute Gasteiger partial charge is 0.492 e. The molecule has 0 atom stereocenters. The van der Waals surface area contributed by atoms with Gasteiger partial charge in [0.05, 0.1) is 5.69 Å². The van der Waals surface area contributed by atoms with Crippen LogP contribution in [0.4, 0.5) is 0 Å². The van der Waals surface area contributed by atoms with Gasteiger partial charge in [0.2, 0.25) is 0 Å². The molecule has 0 radical (unpaired) electrons. The quantitative estimate of drug-likeness (QED) is 0.347. The summed E-state index contributed by atoms with van der Waals surface area (Å²) in [5.74, 6) is 1.88. The smallest absolute Gasteiger partial charge is 0.122 e. The maximum atomic E-state index is 6.12. The Balaban J connectivity index is 1.37. The molecule has 4 rings (SSSR count). The monoisotopic (exact) mass is 434 g/mol. The van der Waals surface area contributed by atoms with Crippen molar-refractivity contribution in [3.8, 4) is 28.1 Å². The van der Waals surface area contributed by atoms with E-state index >= 15 is 0 Å². The van der Waals surface area contributed by atoms with Gasteiger partial charge in [0.15, 0.2) is 0 Å². The van der Waals surface area contributed by atoms with Gasteiger partial charge >= 0.3 is 0 Å². The van der Waals surface area contributed by atoms with E-state index in [0.29, 0.717) is 0 Å². The number of benzene rings is 2. The van der Waals surface area contributed by atoms with Crippen molar-refractivity contribution in [2.24, 2.45) is 5.92 Å². The summed E-state index contributed by atoms with van der Waals surface area (Å²) in [6.45, 7) is 8.48. The molecule has 0 amide bonds. The van der Waals surface area contributed by atoms with Crippen LogP contribution in [0, 0.1) is 12.8 Å². The van der Waals surface area contributed by atoms with Crippen LogP contribution in [0.5, 0.6) is 5.75 Å². The molecule has 162 valence electrons. The fraction of sp³-hybridized carbons (Fsp3) is 0.370. The van der Waals surface area contributed by atoms with Crippen molar-refractivity contribution in [2.45, 2.75) is 33.1 Å². The van der Waals surface area contributed by atoms with Gasteiger partial charge in [0.25, 0.3) is 0 Å². The minimum atomic E-state index is 0.737. The van der Waals surface area contributed by atoms with E-state index in [1.165, 1.54) is 25.8 Å². The topological polar surface area (TPSA) is 25.4 Å². The van der Waals surface area contributed by atoms with E-state index in [1.807, 2.05) is 30.5 Å². The molecule has 4 heteroatoms. The number of aryl methyl sites for hydroxylation is 1. The van der Waals surface area contributed by atoms with E-state index in [9.17, 15) is 0 Å². The van der Waals surface area contributed by atoms with Gasteiger partial charge in [0, 0.05) is 35.4 Å². The first-order valence-electron chi connectivity index (χ1n) is 11.3. The molecule has 31 heavy (non-hydrogen) atoms. The van der Waals surface area contributed by atoms with Crippen LogP contribution in [0.25, 0.3) is 22.4 Å². The molecule has 3 aromatic rings. The molecule has 2 aromatic carbocycles. The van der Waals surface area contributed by atoms with Crippen LogP contribution < -0.4 is 4.74 Å². The third-order valence-corrected chi connectivity index (χ3v) is 6.08. The van der Waals surface area contributed by atoms with Crippen molar-refractivity contribution in [2.75, 3.05) is 26.2 Å². The lowest BCUT2D eigenvalue weighted by Gasteiger charge is -2.22. The van der Waals surface area contributed by atoms with Gasteiger partial charge in [-0.25, -0.2) is 0 Å². The Bertz CT molecular complexity index is 981. The summed E-state index contributed by atoms with van der Waals surface area (Å²) in [6.07, 6.45) is 5.91. The molecule has 0 saturated heterocycles. The van der Waals surface area contributed by atoms with E-state index < -0.39 is 0 Å². The molecule has 0 unspecified atom stereocenters. The van der Waals surface area contributed by atoms with Crippen LogP contribution in [-0.2, 0) is 0 Å². The Labute approximate surface area is 191 Å². The second-order valence-corrected chi connectivity index (χ2v) is 8.95. The third-order valence-electron chi connectivity index (χ3n) is 5.83. The first-order chi connectivity index (χ1) is 15.1. The summed E-state index contributed by atoms with van der Waals surface area (Å²) in [5.41, 5.74) is 5.41. The normalized spacial score (nSPS) is 13.5. The fourth-order valence-corrected chi connectivity index (χ4v) is 4.04. The lowest BCUT2D eigenvalue weighted by atomic mass is 10.0. The highest BCUT2D eigenvalue weighted by molar-refractivity contribution is 6.30. The molecule has 0 bridgehead atoms. The van der Waals surface area contributed by atoms with Gasteiger partial charge in [-0.3, -0.25) is 9.88 Å². The van der Waals surface area contributed by atoms with Gasteiger partial charge in [-0.15, -0.1) is 0 Å². The fourth-order valence-electron chi connectivity index (χ4n) is 3.91. The van der Waals surface area contributed by atoms with Crippen LogP contribution in [0.1, 0.15) is 31.7 Å². The summed E-state index contributed by atoms with van der Waals surface area (Å²) in [5, 5.41) is 0.743. The predicted molar refractivity (Wildman–Crippen MR) is 130 cm³/mol. The van der Waals surface area contributed by atoms with Gasteiger partial charge in [-0.2, -0.15) is 0 Å². The lowest BCUT2D eigenvalue weighted by Crippen LogP contribution is -2.31. The average Bonchev–Trinajstić information content (AvgIpc) is 3.60. The first kappa shape index (κ1) is 21.9. The maximum Gasteiger partial charge on any atom is 0.122 e. The second kappa shape index (κ2) is 10.3. The first-order valence-corrected chi connectivity index (χ1v) is 11.7. The SMILES string of the molecule is CCCN(CCOc1ccc(-c2ccc(-c3ccc(Cl)cc3)cn2)cc1C)CC1CC1. The lowest BCUT2D eigenvalue weighted by molar-refractivity contribution is 0.202. The second-order valence-electron chi connectivity index (χ2n) is 8.51. The van der Waals surface area contributed by atoms with E-state index in [2.05, 4.69) is 54.1 Å². The number of hydrogen-bond acceptors (Lipinski definition) is 3. The summed E-state index contributed by atoms with van der Waals surface area (Å²) in [7, 11) is 0. The highest BCUT2D eigenvalue weighted by Gasteiger charge is 2.23. The average molecular weight is 435 g/mol. The molecule has 0 aliphatic heterocycles. The molecule has 1 heterocycles. The number of ether oxygens (including phenoxy) is 1. The zero-order valence-electron chi connectivity index (χ0n) is 18.5. The Kier molecular flexibility index (Phi) is 7.26. The van der Waals surface area contributed by atoms with Gasteiger partial charge in [-0.05, 0) is 86.2 Å². The third kappa shape index (κ3) is 6.09. The standard InChI is InChI=1S/C27H31ClN2O/c1-3-14-30(19-21-4-5-21)15-16-31-27-13-9-23(17-20(27)2)26-12-8-24(18-29-26)22-6-10-25(28)11-7-22/h6-13,17-18,21H,3-5,14-16,19H2,1-2H3. The number of nitrogens with zero attached hydrogens (tertiary/aromatic N) is 2. The zero-order valence-corrected chi connectivity index (χ0v) is 19.2. The molecule has 1 fully saturated rings. The van der Waals surface area contributed by atoms with Crippen molar-refractivity contribution >= 4 is 11.6 Å². The van der Waals surface area contributed by atoms with Crippen molar-refractivity contribution in [1.82, 2.24) is 9.88 Å². The number of aromatic nitrogens is 1. The van der Waals surface area contributed by atoms with E-state index in [1.54, 1.807) is 0 Å². The molecule has 1 saturated carbocycles. The highest BCUT2D eigenvalue weighted by atomic mass is 35.5. The van der Waals surface area contributed by atoms with Gasteiger partial charge in [-0.1, -0.05) is 36.7 Å². The molecule has 1 aliphatic rings. The number of pyridine rings is 1. The summed E-state index contributed by atoms with van der Waals surface area (Å²) >= 11 is 5.99. The number of hydrogen-bond donors (Lipinski definition) is 0. The van der Waals surface area contributed by atoms with Crippen molar-refractivity contribution in [1.29, 1.82) is 0 Å². The molecule has 0 N–H and O–H groups in total. The van der Waals surface area contributed by atoms with Crippen LogP contribution in [-0.4, -0.2) is 36.1 Å². The Morgan fingerprint density at radius 2 is 1.71 bits per heavy atom. The van der Waals surface area contributed by atoms with Crippen LogP contribution in [0.2, 0.25) is 5.02 Å². The molecular weight excluding hydrogens is 404 g/mol. The maximum absolute atomic E-state index is 6.12. The van der Waals surface area contributed by atoms with Crippen LogP contribution >= 0.6 is 11.6 Å². The number of rotatable bonds is 10. The van der Waals surface area contributed by atoms with Crippen LogP contribution in [0.3, 0.4) is 0 Å². The summed E-state index contributed by atoms with van der Waals surface area (Å²) in [4.78, 5) is 7.23. The Morgan fingerprint density at radius 1 is 0.968 bits per heavy atom. The molecule has 0 spiro atoms. The predicted octanol–water partition coefficient (Wildman–Crippen LogP) is 6.88. The van der Waals surface area contributed by atoms with Gasteiger partial charge < -0.3 is 4.74 Å². The highest BCUT2D eigenvalue weighted by Crippen LogP contribution is 2.30. The summed E-state index contributed by atoms with van der Waals surface area (Å²) in [6, 6.07) is 18.3. The Hall–Kier alpha value is -2.36. The molecular formula is C27H31ClN2O. The van der Waals surface area contributed by atoms with Crippen molar-refractivity contribution < 1.29 is 4.74 Å². The van der Waals surface area contributed by atoms with E-state index in [-0.39, 0.29) is 0 Å². The summed E-state index contributed by atoms with van der Waals surface area (Å²) < 4.78 is 6.12. The molecule has 1 aromatic heterocycles.